The minimum absolute atomic E-state index is 0.0236. The van der Waals surface area contributed by atoms with E-state index in [1.54, 1.807) is 30.3 Å². The topological polar surface area (TPSA) is 107 Å². The van der Waals surface area contributed by atoms with Crippen LogP contribution in [0, 0.1) is 15.9 Å². The molecule has 0 N–H and O–H groups in total. The lowest BCUT2D eigenvalue weighted by molar-refractivity contribution is -0.384. The molecule has 1 saturated heterocycles. The molecular formula is C23H18FN3O5S. The second kappa shape index (κ2) is 8.05. The van der Waals surface area contributed by atoms with E-state index in [-0.39, 0.29) is 28.8 Å². The lowest BCUT2D eigenvalue weighted by Gasteiger charge is -2.21. The van der Waals surface area contributed by atoms with Crippen molar-refractivity contribution >= 4 is 26.8 Å². The number of hydrogen-bond donors (Lipinski definition) is 0. The Bertz CT molecular complexity index is 1470. The summed E-state index contributed by atoms with van der Waals surface area (Å²) in [5, 5.41) is 10.9. The van der Waals surface area contributed by atoms with Crippen molar-refractivity contribution in [2.45, 2.75) is 23.8 Å². The predicted molar refractivity (Wildman–Crippen MR) is 118 cm³/mol. The summed E-state index contributed by atoms with van der Waals surface area (Å²) in [6.07, 6.45) is 1.17. The molecule has 1 aromatic heterocycles. The molecule has 1 aliphatic rings. The number of aromatic nitrogens is 1. The third kappa shape index (κ3) is 3.87. The van der Waals surface area contributed by atoms with Gasteiger partial charge in [0, 0.05) is 18.7 Å². The van der Waals surface area contributed by atoms with Crippen LogP contribution in [-0.2, 0) is 10.0 Å². The van der Waals surface area contributed by atoms with Crippen molar-refractivity contribution in [3.8, 4) is 11.1 Å². The number of fused-ring (bicyclic) bond motifs is 1. The molecule has 0 spiro atoms. The van der Waals surface area contributed by atoms with Gasteiger partial charge in [-0.2, -0.15) is 4.31 Å². The van der Waals surface area contributed by atoms with Crippen LogP contribution in [0.1, 0.15) is 24.8 Å². The molecule has 1 unspecified atom stereocenters. The van der Waals surface area contributed by atoms with Gasteiger partial charge in [0.1, 0.15) is 17.4 Å². The van der Waals surface area contributed by atoms with Crippen molar-refractivity contribution in [1.29, 1.82) is 0 Å². The van der Waals surface area contributed by atoms with E-state index in [1.165, 1.54) is 40.7 Å². The lowest BCUT2D eigenvalue weighted by Crippen LogP contribution is -2.30. The molecule has 1 fully saturated rings. The Kier molecular flexibility index (Phi) is 5.18. The van der Waals surface area contributed by atoms with E-state index >= 15 is 0 Å². The van der Waals surface area contributed by atoms with Crippen molar-refractivity contribution < 1.29 is 22.1 Å². The predicted octanol–water partition coefficient (Wildman–Crippen LogP) is 5.07. The van der Waals surface area contributed by atoms with Crippen molar-refractivity contribution in [3.05, 3.63) is 88.6 Å². The lowest BCUT2D eigenvalue weighted by atomic mass is 10.1. The van der Waals surface area contributed by atoms with Crippen molar-refractivity contribution in [1.82, 2.24) is 9.29 Å². The van der Waals surface area contributed by atoms with Gasteiger partial charge >= 0.3 is 0 Å². The first-order valence-electron chi connectivity index (χ1n) is 10.3. The molecule has 1 aliphatic heterocycles. The smallest absolute Gasteiger partial charge is 0.269 e. The minimum atomic E-state index is -3.90. The number of benzene rings is 3. The van der Waals surface area contributed by atoms with Gasteiger partial charge in [0.15, 0.2) is 5.58 Å². The van der Waals surface area contributed by atoms with E-state index in [9.17, 15) is 22.9 Å². The molecule has 4 aromatic rings. The number of oxazole rings is 1. The number of halogens is 1. The van der Waals surface area contributed by atoms with E-state index in [2.05, 4.69) is 4.98 Å². The molecule has 0 saturated carbocycles. The van der Waals surface area contributed by atoms with Crippen LogP contribution in [0.2, 0.25) is 0 Å². The summed E-state index contributed by atoms with van der Waals surface area (Å²) < 4.78 is 47.3. The van der Waals surface area contributed by atoms with Crippen LogP contribution in [0.5, 0.6) is 0 Å². The van der Waals surface area contributed by atoms with Crippen molar-refractivity contribution in [2.24, 2.45) is 0 Å². The summed E-state index contributed by atoms with van der Waals surface area (Å²) >= 11 is 0. The summed E-state index contributed by atoms with van der Waals surface area (Å²) in [5.74, 6) is -0.0594. The van der Waals surface area contributed by atoms with E-state index in [4.69, 9.17) is 4.42 Å². The van der Waals surface area contributed by atoms with Crippen LogP contribution < -0.4 is 0 Å². The molecule has 0 bridgehead atoms. The van der Waals surface area contributed by atoms with Gasteiger partial charge in [-0.05, 0) is 60.4 Å². The summed E-state index contributed by atoms with van der Waals surface area (Å²) in [7, 11) is -3.90. The van der Waals surface area contributed by atoms with Crippen LogP contribution in [0.3, 0.4) is 0 Å². The van der Waals surface area contributed by atoms with Crippen LogP contribution in [-0.4, -0.2) is 29.2 Å². The molecule has 3 aromatic carbocycles. The SMILES string of the molecule is O=[N+]([O-])c1ccc(S(=O)(=O)N2CCCC2c2nc3cc(-c4cccc(F)c4)ccc3o2)cc1. The van der Waals surface area contributed by atoms with Crippen LogP contribution in [0.15, 0.2) is 76.0 Å². The van der Waals surface area contributed by atoms with Crippen molar-refractivity contribution in [3.63, 3.8) is 0 Å². The largest absolute Gasteiger partial charge is 0.439 e. The number of nitro groups is 1. The van der Waals surface area contributed by atoms with Gasteiger partial charge in [-0.1, -0.05) is 18.2 Å². The standard InChI is InChI=1S/C23H18FN3O5S/c24-17-4-1-3-15(13-17)16-6-11-22-20(14-16)25-23(32-22)21-5-2-12-26(21)33(30,31)19-9-7-18(8-10-19)27(28)29/h1,3-4,6-11,13-14,21H,2,5,12H2. The molecule has 1 atom stereocenters. The Labute approximate surface area is 188 Å². The molecule has 33 heavy (non-hydrogen) atoms. The first-order chi connectivity index (χ1) is 15.8. The minimum Gasteiger partial charge on any atom is -0.439 e. The summed E-state index contributed by atoms with van der Waals surface area (Å²) in [5.41, 5.74) is 2.34. The summed E-state index contributed by atoms with van der Waals surface area (Å²) in [6.45, 7) is 0.289. The highest BCUT2D eigenvalue weighted by Crippen LogP contribution is 2.38. The summed E-state index contributed by atoms with van der Waals surface area (Å²) in [4.78, 5) is 14.8. The number of nitrogens with zero attached hydrogens (tertiary/aromatic N) is 3. The molecule has 168 valence electrons. The Morgan fingerprint density at radius 3 is 2.55 bits per heavy atom. The Hall–Kier alpha value is -3.63. The Morgan fingerprint density at radius 1 is 1.06 bits per heavy atom. The maximum atomic E-state index is 13.6. The third-order valence-electron chi connectivity index (χ3n) is 5.70. The van der Waals surface area contributed by atoms with Crippen LogP contribution >= 0.6 is 0 Å². The number of hydrogen-bond acceptors (Lipinski definition) is 6. The van der Waals surface area contributed by atoms with Crippen LogP contribution in [0.25, 0.3) is 22.2 Å². The van der Waals surface area contributed by atoms with Gasteiger partial charge in [-0.3, -0.25) is 10.1 Å². The fraction of sp³-hybridized carbons (Fsp3) is 0.174. The van der Waals surface area contributed by atoms with E-state index in [0.717, 1.165) is 5.56 Å². The molecule has 0 aliphatic carbocycles. The highest BCUT2D eigenvalue weighted by molar-refractivity contribution is 7.89. The molecule has 10 heteroatoms. The molecule has 0 amide bonds. The molecule has 2 heterocycles. The number of non-ortho nitro benzene ring substituents is 1. The van der Waals surface area contributed by atoms with Gasteiger partial charge in [0.25, 0.3) is 5.69 Å². The van der Waals surface area contributed by atoms with E-state index in [1.807, 2.05) is 0 Å². The maximum absolute atomic E-state index is 13.6. The monoisotopic (exact) mass is 467 g/mol. The fourth-order valence-electron chi connectivity index (χ4n) is 4.09. The molecule has 8 nitrogen and oxygen atoms in total. The molecular weight excluding hydrogens is 449 g/mol. The van der Waals surface area contributed by atoms with Gasteiger partial charge in [-0.25, -0.2) is 17.8 Å². The van der Waals surface area contributed by atoms with Gasteiger partial charge < -0.3 is 4.42 Å². The van der Waals surface area contributed by atoms with Gasteiger partial charge in [0.05, 0.1) is 9.82 Å². The Morgan fingerprint density at radius 2 is 1.82 bits per heavy atom. The zero-order valence-corrected chi connectivity index (χ0v) is 18.0. The third-order valence-corrected chi connectivity index (χ3v) is 7.63. The molecule has 0 radical (unpaired) electrons. The normalized spacial score (nSPS) is 16.9. The first-order valence-corrected chi connectivity index (χ1v) is 11.7. The zero-order valence-electron chi connectivity index (χ0n) is 17.2. The number of sulfonamides is 1. The Balaban J connectivity index is 1.47. The van der Waals surface area contributed by atoms with Gasteiger partial charge in [0.2, 0.25) is 15.9 Å². The summed E-state index contributed by atoms with van der Waals surface area (Å²) in [6, 6.07) is 15.8. The van der Waals surface area contributed by atoms with Crippen LogP contribution in [0.4, 0.5) is 10.1 Å². The van der Waals surface area contributed by atoms with E-state index in [0.29, 0.717) is 29.5 Å². The fourth-order valence-corrected chi connectivity index (χ4v) is 5.74. The second-order valence-electron chi connectivity index (χ2n) is 7.77. The second-order valence-corrected chi connectivity index (χ2v) is 9.66. The highest BCUT2D eigenvalue weighted by atomic mass is 32.2. The van der Waals surface area contributed by atoms with Gasteiger partial charge in [-0.15, -0.1) is 0 Å². The average Bonchev–Trinajstić information content (AvgIpc) is 3.46. The zero-order chi connectivity index (χ0) is 23.2. The number of nitro benzene ring substituents is 1. The highest BCUT2D eigenvalue weighted by Gasteiger charge is 2.39. The maximum Gasteiger partial charge on any atom is 0.269 e. The number of rotatable bonds is 5. The average molecular weight is 467 g/mol. The molecule has 5 rings (SSSR count). The van der Waals surface area contributed by atoms with Crippen molar-refractivity contribution in [2.75, 3.05) is 6.54 Å². The quantitative estimate of drug-likeness (QED) is 0.300. The first kappa shape index (κ1) is 21.2. The van der Waals surface area contributed by atoms with E-state index < -0.39 is 21.0 Å².